The van der Waals surface area contributed by atoms with Gasteiger partial charge in [0.1, 0.15) is 11.6 Å². The van der Waals surface area contributed by atoms with Gasteiger partial charge in [-0.05, 0) is 55.4 Å². The van der Waals surface area contributed by atoms with Crippen LogP contribution in [0.25, 0.3) is 10.9 Å². The van der Waals surface area contributed by atoms with E-state index in [9.17, 15) is 4.39 Å². The fraction of sp³-hybridized carbons (Fsp3) is 0.300. The monoisotopic (exact) mass is 371 g/mol. The maximum atomic E-state index is 13.9. The van der Waals surface area contributed by atoms with Crippen molar-refractivity contribution < 1.29 is 9.13 Å². The number of methoxy groups -OCH3 is 1. The number of hydrogen-bond donors (Lipinski definition) is 0. The molecular formula is C20H22FN3OS. The van der Waals surface area contributed by atoms with E-state index in [-0.39, 0.29) is 5.82 Å². The Bertz CT molecular complexity index is 919. The van der Waals surface area contributed by atoms with Gasteiger partial charge in [0.15, 0.2) is 0 Å². The summed E-state index contributed by atoms with van der Waals surface area (Å²) < 4.78 is 21.5. The van der Waals surface area contributed by atoms with E-state index in [1.165, 1.54) is 6.07 Å². The fourth-order valence-electron chi connectivity index (χ4n) is 3.32. The van der Waals surface area contributed by atoms with Crippen LogP contribution < -0.4 is 9.64 Å². The molecular weight excluding hydrogens is 349 g/mol. The molecule has 1 aromatic heterocycles. The van der Waals surface area contributed by atoms with Crippen molar-refractivity contribution in [3.05, 3.63) is 54.5 Å². The van der Waals surface area contributed by atoms with Gasteiger partial charge in [-0.1, -0.05) is 6.07 Å². The zero-order chi connectivity index (χ0) is 18.1. The average molecular weight is 371 g/mol. The van der Waals surface area contributed by atoms with E-state index in [1.807, 2.05) is 34.4 Å². The molecule has 26 heavy (non-hydrogen) atoms. The molecule has 2 aromatic carbocycles. The molecule has 4 rings (SSSR count). The lowest BCUT2D eigenvalue weighted by atomic mass is 10.2. The van der Waals surface area contributed by atoms with E-state index in [2.05, 4.69) is 22.9 Å². The summed E-state index contributed by atoms with van der Waals surface area (Å²) in [4.78, 5) is 5.81. The SMILES string of the molecule is COc1ccc(Sn2ccc3c(F)cccc32)cc1N1CCN(C)CC1. The zero-order valence-electron chi connectivity index (χ0n) is 15.0. The van der Waals surface area contributed by atoms with Crippen LogP contribution in [0.3, 0.4) is 0 Å². The Kier molecular flexibility index (Phi) is 4.78. The second-order valence-corrected chi connectivity index (χ2v) is 7.58. The first kappa shape index (κ1) is 17.2. The number of aromatic nitrogens is 1. The summed E-state index contributed by atoms with van der Waals surface area (Å²) in [5, 5.41) is 0.646. The topological polar surface area (TPSA) is 20.6 Å². The molecule has 2 heterocycles. The van der Waals surface area contributed by atoms with Crippen LogP contribution >= 0.6 is 11.9 Å². The van der Waals surface area contributed by atoms with Crippen molar-refractivity contribution in [3.8, 4) is 5.75 Å². The molecule has 0 aliphatic carbocycles. The van der Waals surface area contributed by atoms with Gasteiger partial charge in [0, 0.05) is 42.7 Å². The summed E-state index contributed by atoms with van der Waals surface area (Å²) >= 11 is 1.59. The Morgan fingerprint density at radius 3 is 2.62 bits per heavy atom. The highest BCUT2D eigenvalue weighted by Crippen LogP contribution is 2.35. The summed E-state index contributed by atoms with van der Waals surface area (Å²) in [6.45, 7) is 4.06. The van der Waals surface area contributed by atoms with Crippen molar-refractivity contribution in [2.45, 2.75) is 4.90 Å². The van der Waals surface area contributed by atoms with Crippen molar-refractivity contribution in [2.75, 3.05) is 45.2 Å². The quantitative estimate of drug-likeness (QED) is 0.688. The molecule has 4 nitrogen and oxygen atoms in total. The Hall–Kier alpha value is -2.18. The highest BCUT2D eigenvalue weighted by Gasteiger charge is 2.18. The minimum Gasteiger partial charge on any atom is -0.495 e. The molecule has 1 aliphatic heterocycles. The predicted octanol–water partition coefficient (Wildman–Crippen LogP) is 4.10. The summed E-state index contributed by atoms with van der Waals surface area (Å²) in [5.41, 5.74) is 2.00. The summed E-state index contributed by atoms with van der Waals surface area (Å²) in [6.07, 6.45) is 1.91. The van der Waals surface area contributed by atoms with Gasteiger partial charge in [0.2, 0.25) is 0 Å². The standard InChI is InChI=1S/C20H22FN3OS/c1-22-10-12-23(13-11-22)19-14-15(6-7-20(19)25-2)26-24-9-8-16-17(21)4-3-5-18(16)24/h3-9,14H,10-13H2,1-2H3. The van der Waals surface area contributed by atoms with Gasteiger partial charge in [-0.3, -0.25) is 3.97 Å². The van der Waals surface area contributed by atoms with Crippen molar-refractivity contribution >= 4 is 28.5 Å². The fourth-order valence-corrected chi connectivity index (χ4v) is 4.22. The van der Waals surface area contributed by atoms with Crippen LogP contribution in [0.1, 0.15) is 0 Å². The molecule has 3 aromatic rings. The molecule has 0 atom stereocenters. The number of halogens is 1. The molecule has 1 saturated heterocycles. The number of benzene rings is 2. The molecule has 136 valence electrons. The number of fused-ring (bicyclic) bond motifs is 1. The maximum Gasteiger partial charge on any atom is 0.142 e. The third-order valence-corrected chi connectivity index (χ3v) is 5.82. The van der Waals surface area contributed by atoms with E-state index in [4.69, 9.17) is 4.74 Å². The van der Waals surface area contributed by atoms with E-state index in [0.29, 0.717) is 5.39 Å². The van der Waals surface area contributed by atoms with Crippen LogP contribution in [-0.2, 0) is 0 Å². The number of likely N-dealkylation sites (N-methyl/N-ethyl adjacent to an activating group) is 1. The zero-order valence-corrected chi connectivity index (χ0v) is 15.8. The smallest absolute Gasteiger partial charge is 0.142 e. The highest BCUT2D eigenvalue weighted by molar-refractivity contribution is 7.98. The molecule has 0 spiro atoms. The van der Waals surface area contributed by atoms with E-state index >= 15 is 0 Å². The van der Waals surface area contributed by atoms with Gasteiger partial charge >= 0.3 is 0 Å². The van der Waals surface area contributed by atoms with Crippen LogP contribution in [0.5, 0.6) is 5.75 Å². The lowest BCUT2D eigenvalue weighted by Crippen LogP contribution is -2.44. The Labute approximate surface area is 157 Å². The Morgan fingerprint density at radius 2 is 1.85 bits per heavy atom. The first-order chi connectivity index (χ1) is 12.7. The van der Waals surface area contributed by atoms with Crippen LogP contribution in [0.4, 0.5) is 10.1 Å². The molecule has 0 radical (unpaired) electrons. The third-order valence-electron chi connectivity index (χ3n) is 4.84. The number of nitrogens with zero attached hydrogens (tertiary/aromatic N) is 3. The van der Waals surface area contributed by atoms with E-state index < -0.39 is 0 Å². The van der Waals surface area contributed by atoms with E-state index in [1.54, 1.807) is 25.1 Å². The van der Waals surface area contributed by atoms with Gasteiger partial charge < -0.3 is 14.5 Å². The molecule has 1 aliphatic rings. The number of ether oxygens (including phenoxy) is 1. The highest BCUT2D eigenvalue weighted by atomic mass is 32.2. The van der Waals surface area contributed by atoms with Gasteiger partial charge in [-0.2, -0.15) is 0 Å². The van der Waals surface area contributed by atoms with Crippen molar-refractivity contribution in [1.29, 1.82) is 0 Å². The van der Waals surface area contributed by atoms with Gasteiger partial charge in [-0.25, -0.2) is 4.39 Å². The molecule has 6 heteroatoms. The summed E-state index contributed by atoms with van der Waals surface area (Å²) in [5.74, 6) is 0.706. The minimum absolute atomic E-state index is 0.185. The minimum atomic E-state index is -0.185. The lowest BCUT2D eigenvalue weighted by Gasteiger charge is -2.34. The molecule has 0 amide bonds. The Morgan fingerprint density at radius 1 is 1.04 bits per heavy atom. The van der Waals surface area contributed by atoms with Crippen LogP contribution in [0.2, 0.25) is 0 Å². The Balaban J connectivity index is 1.64. The molecule has 0 unspecified atom stereocenters. The first-order valence-electron chi connectivity index (χ1n) is 8.71. The predicted molar refractivity (Wildman–Crippen MR) is 106 cm³/mol. The lowest BCUT2D eigenvalue weighted by molar-refractivity contribution is 0.311. The third kappa shape index (κ3) is 3.27. The van der Waals surface area contributed by atoms with E-state index in [0.717, 1.165) is 48.0 Å². The van der Waals surface area contributed by atoms with Gasteiger partial charge in [-0.15, -0.1) is 0 Å². The van der Waals surface area contributed by atoms with Crippen LogP contribution in [-0.4, -0.2) is 49.2 Å². The second-order valence-electron chi connectivity index (χ2n) is 6.53. The van der Waals surface area contributed by atoms with Crippen molar-refractivity contribution in [2.24, 2.45) is 0 Å². The normalized spacial score (nSPS) is 15.6. The maximum absolute atomic E-state index is 13.9. The van der Waals surface area contributed by atoms with Crippen LogP contribution in [0.15, 0.2) is 53.6 Å². The number of rotatable bonds is 4. The molecule has 0 N–H and O–H groups in total. The second kappa shape index (κ2) is 7.21. The average Bonchev–Trinajstić information content (AvgIpc) is 3.07. The van der Waals surface area contributed by atoms with Crippen molar-refractivity contribution in [3.63, 3.8) is 0 Å². The summed E-state index contributed by atoms with van der Waals surface area (Å²) in [7, 11) is 3.86. The van der Waals surface area contributed by atoms with Gasteiger partial charge in [0.25, 0.3) is 0 Å². The summed E-state index contributed by atoms with van der Waals surface area (Å²) in [6, 6.07) is 13.2. The number of anilines is 1. The van der Waals surface area contributed by atoms with Crippen molar-refractivity contribution in [1.82, 2.24) is 8.87 Å². The molecule has 0 bridgehead atoms. The first-order valence-corrected chi connectivity index (χ1v) is 9.48. The van der Waals surface area contributed by atoms with Crippen LogP contribution in [0, 0.1) is 5.82 Å². The number of hydrogen-bond acceptors (Lipinski definition) is 4. The largest absolute Gasteiger partial charge is 0.495 e. The molecule has 0 saturated carbocycles. The molecule has 1 fully saturated rings. The number of piperazine rings is 1. The van der Waals surface area contributed by atoms with Gasteiger partial charge in [0.05, 0.1) is 18.3 Å².